The van der Waals surface area contributed by atoms with Crippen molar-refractivity contribution in [3.05, 3.63) is 28.2 Å². The van der Waals surface area contributed by atoms with Gasteiger partial charge in [-0.2, -0.15) is 5.10 Å². The number of nitrogens with zero attached hydrogens (tertiary/aromatic N) is 4. The highest BCUT2D eigenvalue weighted by molar-refractivity contribution is 5.92. The van der Waals surface area contributed by atoms with Crippen molar-refractivity contribution in [1.82, 2.24) is 19.6 Å². The van der Waals surface area contributed by atoms with Crippen LogP contribution in [0.5, 0.6) is 0 Å². The second-order valence-electron chi connectivity index (χ2n) is 6.44. The average molecular weight is 322 g/mol. The van der Waals surface area contributed by atoms with Crippen molar-refractivity contribution in [2.45, 2.75) is 26.4 Å². The predicted molar refractivity (Wildman–Crippen MR) is 83.2 cm³/mol. The van der Waals surface area contributed by atoms with Crippen LogP contribution in [0.25, 0.3) is 0 Å². The van der Waals surface area contributed by atoms with E-state index in [9.17, 15) is 14.4 Å². The van der Waals surface area contributed by atoms with Gasteiger partial charge in [-0.1, -0.05) is 0 Å². The first-order chi connectivity index (χ1) is 10.7. The summed E-state index contributed by atoms with van der Waals surface area (Å²) in [5.41, 5.74) is -0.586. The van der Waals surface area contributed by atoms with Crippen LogP contribution in [0.15, 0.2) is 16.9 Å². The lowest BCUT2D eigenvalue weighted by molar-refractivity contribution is 0.0140. The van der Waals surface area contributed by atoms with Crippen molar-refractivity contribution in [3.63, 3.8) is 0 Å². The molecule has 0 aromatic carbocycles. The molecule has 1 aliphatic heterocycles. The first-order valence-electron chi connectivity index (χ1n) is 7.49. The highest BCUT2D eigenvalue weighted by Gasteiger charge is 2.28. The fraction of sp³-hybridized carbons (Fsp3) is 0.600. The molecule has 0 unspecified atom stereocenters. The minimum atomic E-state index is -0.539. The maximum Gasteiger partial charge on any atom is 0.410 e. The fourth-order valence-electron chi connectivity index (χ4n) is 2.20. The lowest BCUT2D eigenvalue weighted by atomic mass is 10.2. The summed E-state index contributed by atoms with van der Waals surface area (Å²) in [6.07, 6.45) is -0.371. The Labute approximate surface area is 134 Å². The Bertz CT molecular complexity index is 654. The highest BCUT2D eigenvalue weighted by Crippen LogP contribution is 2.12. The molecule has 8 heteroatoms. The van der Waals surface area contributed by atoms with Crippen LogP contribution < -0.4 is 5.56 Å². The molecule has 1 aliphatic rings. The standard InChI is InChI=1S/C15H22N4O4/c1-15(2,3)23-14(22)19-9-7-18(8-10-19)13(21)11-5-6-12(20)17(4)16-11/h5-6H,7-10H2,1-4H3. The number of aryl methyl sites for hydroxylation is 1. The number of rotatable bonds is 1. The zero-order chi connectivity index (χ0) is 17.2. The monoisotopic (exact) mass is 322 g/mol. The summed E-state index contributed by atoms with van der Waals surface area (Å²) in [4.78, 5) is 38.9. The molecule has 2 rings (SSSR count). The van der Waals surface area contributed by atoms with Gasteiger partial charge < -0.3 is 14.5 Å². The Morgan fingerprint density at radius 3 is 2.17 bits per heavy atom. The molecule has 0 N–H and O–H groups in total. The van der Waals surface area contributed by atoms with Gasteiger partial charge in [-0.05, 0) is 26.8 Å². The number of ether oxygens (including phenoxy) is 1. The molecule has 1 aromatic heterocycles. The molecule has 1 aromatic rings. The Morgan fingerprint density at radius 1 is 1.09 bits per heavy atom. The summed E-state index contributed by atoms with van der Waals surface area (Å²) in [6, 6.07) is 2.74. The van der Waals surface area contributed by atoms with E-state index in [4.69, 9.17) is 4.74 Å². The Kier molecular flexibility index (Phi) is 4.72. The maximum absolute atomic E-state index is 12.4. The van der Waals surface area contributed by atoms with Gasteiger partial charge >= 0.3 is 6.09 Å². The predicted octanol–water partition coefficient (Wildman–Crippen LogP) is 0.473. The first-order valence-corrected chi connectivity index (χ1v) is 7.49. The van der Waals surface area contributed by atoms with Crippen LogP contribution >= 0.6 is 0 Å². The van der Waals surface area contributed by atoms with Gasteiger partial charge in [0.2, 0.25) is 0 Å². The second kappa shape index (κ2) is 6.39. The number of piperazine rings is 1. The largest absolute Gasteiger partial charge is 0.444 e. The normalized spacial score (nSPS) is 15.5. The molecule has 0 bridgehead atoms. The first kappa shape index (κ1) is 17.0. The lowest BCUT2D eigenvalue weighted by Gasteiger charge is -2.35. The second-order valence-corrected chi connectivity index (χ2v) is 6.44. The van der Waals surface area contributed by atoms with E-state index in [0.29, 0.717) is 26.2 Å². The molecule has 126 valence electrons. The topological polar surface area (TPSA) is 84.7 Å². The van der Waals surface area contributed by atoms with E-state index in [2.05, 4.69) is 5.10 Å². The Hall–Kier alpha value is -2.38. The van der Waals surface area contributed by atoms with Crippen molar-refractivity contribution in [3.8, 4) is 0 Å². The lowest BCUT2D eigenvalue weighted by Crippen LogP contribution is -2.51. The number of carbonyl (C=O) groups excluding carboxylic acids is 2. The third-order valence-corrected chi connectivity index (χ3v) is 3.40. The van der Waals surface area contributed by atoms with Crippen LogP contribution in [0.4, 0.5) is 4.79 Å². The molecule has 2 amide bonds. The minimum absolute atomic E-state index is 0.220. The fourth-order valence-corrected chi connectivity index (χ4v) is 2.20. The number of hydrogen-bond acceptors (Lipinski definition) is 5. The van der Waals surface area contributed by atoms with E-state index in [1.54, 1.807) is 9.80 Å². The van der Waals surface area contributed by atoms with E-state index >= 15 is 0 Å². The molecule has 23 heavy (non-hydrogen) atoms. The minimum Gasteiger partial charge on any atom is -0.444 e. The summed E-state index contributed by atoms with van der Waals surface area (Å²) in [5, 5.41) is 3.96. The Balaban J connectivity index is 1.96. The van der Waals surface area contributed by atoms with Crippen LogP contribution in [-0.4, -0.2) is 63.4 Å². The summed E-state index contributed by atoms with van der Waals surface area (Å²) >= 11 is 0. The van der Waals surface area contributed by atoms with Gasteiger partial charge in [0, 0.05) is 39.3 Å². The van der Waals surface area contributed by atoms with Crippen LogP contribution in [0.2, 0.25) is 0 Å². The molecule has 0 spiro atoms. The van der Waals surface area contributed by atoms with Gasteiger partial charge in [0.1, 0.15) is 11.3 Å². The van der Waals surface area contributed by atoms with Gasteiger partial charge in [0.15, 0.2) is 0 Å². The number of hydrogen-bond donors (Lipinski definition) is 0. The quantitative estimate of drug-likeness (QED) is 0.750. The molecular formula is C15H22N4O4. The molecule has 0 aliphatic carbocycles. The van der Waals surface area contributed by atoms with E-state index in [1.165, 1.54) is 19.2 Å². The average Bonchev–Trinajstić information content (AvgIpc) is 2.48. The molecule has 0 atom stereocenters. The smallest absolute Gasteiger partial charge is 0.410 e. The van der Waals surface area contributed by atoms with Gasteiger partial charge in [-0.3, -0.25) is 9.59 Å². The van der Waals surface area contributed by atoms with Gasteiger partial charge in [0.25, 0.3) is 11.5 Å². The van der Waals surface area contributed by atoms with Crippen molar-refractivity contribution in [2.24, 2.45) is 7.05 Å². The third kappa shape index (κ3) is 4.30. The number of amides is 2. The summed E-state index contributed by atoms with van der Waals surface area (Å²) in [6.45, 7) is 7.08. The molecule has 1 saturated heterocycles. The molecule has 2 heterocycles. The van der Waals surface area contributed by atoms with Crippen molar-refractivity contribution in [1.29, 1.82) is 0 Å². The maximum atomic E-state index is 12.4. The van der Waals surface area contributed by atoms with E-state index in [1.807, 2.05) is 20.8 Å². The SMILES string of the molecule is Cn1nc(C(=O)N2CCN(C(=O)OC(C)(C)C)CC2)ccc1=O. The highest BCUT2D eigenvalue weighted by atomic mass is 16.6. The van der Waals surface area contributed by atoms with Crippen molar-refractivity contribution >= 4 is 12.0 Å². The molecule has 8 nitrogen and oxygen atoms in total. The van der Waals surface area contributed by atoms with Crippen molar-refractivity contribution < 1.29 is 14.3 Å². The van der Waals surface area contributed by atoms with E-state index < -0.39 is 5.60 Å². The molecule has 1 fully saturated rings. The van der Waals surface area contributed by atoms with Crippen LogP contribution in [0, 0.1) is 0 Å². The summed E-state index contributed by atoms with van der Waals surface area (Å²) in [7, 11) is 1.50. The zero-order valence-corrected chi connectivity index (χ0v) is 13.9. The van der Waals surface area contributed by atoms with Crippen LogP contribution in [-0.2, 0) is 11.8 Å². The van der Waals surface area contributed by atoms with Gasteiger partial charge in [-0.25, -0.2) is 9.48 Å². The van der Waals surface area contributed by atoms with Crippen molar-refractivity contribution in [2.75, 3.05) is 26.2 Å². The van der Waals surface area contributed by atoms with E-state index in [0.717, 1.165) is 4.68 Å². The van der Waals surface area contributed by atoms with Crippen LogP contribution in [0.1, 0.15) is 31.3 Å². The Morgan fingerprint density at radius 2 is 1.65 bits per heavy atom. The third-order valence-electron chi connectivity index (χ3n) is 3.40. The number of carbonyl (C=O) groups is 2. The molecule has 0 saturated carbocycles. The molecular weight excluding hydrogens is 300 g/mol. The number of aromatic nitrogens is 2. The van der Waals surface area contributed by atoms with Crippen LogP contribution in [0.3, 0.4) is 0 Å². The molecule has 0 radical (unpaired) electrons. The summed E-state index contributed by atoms with van der Waals surface area (Å²) in [5.74, 6) is -0.246. The van der Waals surface area contributed by atoms with Gasteiger partial charge in [-0.15, -0.1) is 0 Å². The summed E-state index contributed by atoms with van der Waals surface area (Å²) < 4.78 is 6.45. The van der Waals surface area contributed by atoms with Gasteiger partial charge in [0.05, 0.1) is 0 Å². The van der Waals surface area contributed by atoms with E-state index in [-0.39, 0.29) is 23.3 Å². The zero-order valence-electron chi connectivity index (χ0n) is 13.9.